The normalized spacial score (nSPS) is 12.1. The number of hydrogen-bond donors (Lipinski definition) is 0. The number of methoxy groups -OCH3 is 2. The number of amides is 1. The van der Waals surface area contributed by atoms with Gasteiger partial charge >= 0.3 is 0 Å². The Morgan fingerprint density at radius 1 is 1.42 bits per heavy atom. The number of benzene rings is 1. The zero-order chi connectivity index (χ0) is 13.8. The van der Waals surface area contributed by atoms with E-state index in [0.717, 1.165) is 16.0 Å². The maximum atomic E-state index is 11.2. The van der Waals surface area contributed by atoms with E-state index in [2.05, 4.69) is 4.99 Å². The van der Waals surface area contributed by atoms with Gasteiger partial charge in [0, 0.05) is 20.6 Å². The van der Waals surface area contributed by atoms with Gasteiger partial charge in [-0.2, -0.15) is 4.99 Å². The summed E-state index contributed by atoms with van der Waals surface area (Å²) in [4.78, 5) is 16.0. The molecule has 0 aliphatic heterocycles. The first kappa shape index (κ1) is 13.8. The number of ether oxygens (including phenoxy) is 2. The van der Waals surface area contributed by atoms with E-state index in [9.17, 15) is 4.79 Å². The standard InChI is InChI=1S/C13H16N2O3S/c1-9(16)14-13-15(7-8-17-2)12-10(18-3)5-4-6-11(12)19-13/h4-6H,7-8H2,1-3H3. The maximum absolute atomic E-state index is 11.2. The minimum atomic E-state index is -0.211. The summed E-state index contributed by atoms with van der Waals surface area (Å²) in [5, 5.41) is 0. The molecule has 0 saturated carbocycles. The van der Waals surface area contributed by atoms with Gasteiger partial charge in [-0.25, -0.2) is 0 Å². The molecule has 0 atom stereocenters. The van der Waals surface area contributed by atoms with Crippen LogP contribution >= 0.6 is 11.3 Å². The molecule has 0 aliphatic carbocycles. The SMILES string of the molecule is COCCn1c(=NC(C)=O)sc2cccc(OC)c21. The molecule has 0 saturated heterocycles. The third kappa shape index (κ3) is 2.85. The molecule has 19 heavy (non-hydrogen) atoms. The number of thiazole rings is 1. The predicted octanol–water partition coefficient (Wildman–Crippen LogP) is 1.80. The van der Waals surface area contributed by atoms with Crippen molar-refractivity contribution in [2.75, 3.05) is 20.8 Å². The van der Waals surface area contributed by atoms with E-state index in [0.29, 0.717) is 18.0 Å². The Balaban J connectivity index is 2.71. The number of para-hydroxylation sites is 1. The highest BCUT2D eigenvalue weighted by molar-refractivity contribution is 7.16. The zero-order valence-corrected chi connectivity index (χ0v) is 12.0. The van der Waals surface area contributed by atoms with E-state index in [1.54, 1.807) is 14.2 Å². The van der Waals surface area contributed by atoms with Gasteiger partial charge in [0.15, 0.2) is 4.80 Å². The topological polar surface area (TPSA) is 52.8 Å². The van der Waals surface area contributed by atoms with Crippen molar-refractivity contribution in [2.24, 2.45) is 4.99 Å². The fourth-order valence-corrected chi connectivity index (χ4v) is 2.99. The number of aromatic nitrogens is 1. The van der Waals surface area contributed by atoms with Crippen LogP contribution in [-0.4, -0.2) is 31.3 Å². The fraction of sp³-hybridized carbons (Fsp3) is 0.385. The van der Waals surface area contributed by atoms with Crippen LogP contribution in [-0.2, 0) is 16.1 Å². The molecular formula is C13H16N2O3S. The van der Waals surface area contributed by atoms with Crippen molar-refractivity contribution in [3.8, 4) is 5.75 Å². The molecule has 1 amide bonds. The van der Waals surface area contributed by atoms with Gasteiger partial charge in [-0.1, -0.05) is 17.4 Å². The van der Waals surface area contributed by atoms with Crippen LogP contribution in [0.25, 0.3) is 10.2 Å². The lowest BCUT2D eigenvalue weighted by Gasteiger charge is -2.07. The van der Waals surface area contributed by atoms with Crippen LogP contribution in [0.2, 0.25) is 0 Å². The molecule has 6 heteroatoms. The number of hydrogen-bond acceptors (Lipinski definition) is 4. The smallest absolute Gasteiger partial charge is 0.245 e. The Morgan fingerprint density at radius 2 is 2.21 bits per heavy atom. The average molecular weight is 280 g/mol. The molecule has 0 radical (unpaired) electrons. The largest absolute Gasteiger partial charge is 0.495 e. The van der Waals surface area contributed by atoms with Crippen molar-refractivity contribution >= 4 is 27.5 Å². The van der Waals surface area contributed by atoms with Crippen molar-refractivity contribution in [3.05, 3.63) is 23.0 Å². The Bertz CT molecular complexity index is 657. The minimum Gasteiger partial charge on any atom is -0.495 e. The zero-order valence-electron chi connectivity index (χ0n) is 11.2. The highest BCUT2D eigenvalue weighted by atomic mass is 32.1. The van der Waals surface area contributed by atoms with Gasteiger partial charge < -0.3 is 14.0 Å². The molecule has 2 aromatic rings. The molecule has 0 fully saturated rings. The van der Waals surface area contributed by atoms with Crippen LogP contribution in [0.5, 0.6) is 5.75 Å². The molecule has 1 aromatic heterocycles. The molecular weight excluding hydrogens is 264 g/mol. The van der Waals surface area contributed by atoms with E-state index in [1.807, 2.05) is 22.8 Å². The fourth-order valence-electron chi connectivity index (χ4n) is 1.87. The minimum absolute atomic E-state index is 0.211. The lowest BCUT2D eigenvalue weighted by molar-refractivity contribution is -0.116. The van der Waals surface area contributed by atoms with Gasteiger partial charge in [0.2, 0.25) is 5.91 Å². The number of carbonyl (C=O) groups excluding carboxylic acids is 1. The average Bonchev–Trinajstić information content (AvgIpc) is 2.72. The Kier molecular flexibility index (Phi) is 4.34. The lowest BCUT2D eigenvalue weighted by Crippen LogP contribution is -2.19. The van der Waals surface area contributed by atoms with Crippen LogP contribution in [0.15, 0.2) is 23.2 Å². The van der Waals surface area contributed by atoms with Gasteiger partial charge in [-0.15, -0.1) is 0 Å². The predicted molar refractivity (Wildman–Crippen MR) is 74.5 cm³/mol. The second-order valence-electron chi connectivity index (χ2n) is 3.97. The molecule has 1 aromatic carbocycles. The Hall–Kier alpha value is -1.66. The highest BCUT2D eigenvalue weighted by Gasteiger charge is 2.11. The van der Waals surface area contributed by atoms with Crippen molar-refractivity contribution in [1.82, 2.24) is 4.57 Å². The summed E-state index contributed by atoms with van der Waals surface area (Å²) in [6, 6.07) is 5.82. The first-order valence-electron chi connectivity index (χ1n) is 5.88. The van der Waals surface area contributed by atoms with Crippen molar-refractivity contribution in [2.45, 2.75) is 13.5 Å². The van der Waals surface area contributed by atoms with E-state index in [4.69, 9.17) is 9.47 Å². The van der Waals surface area contributed by atoms with E-state index in [1.165, 1.54) is 18.3 Å². The number of carbonyl (C=O) groups is 1. The van der Waals surface area contributed by atoms with Gasteiger partial charge in [-0.3, -0.25) is 4.79 Å². The molecule has 0 bridgehead atoms. The second kappa shape index (κ2) is 5.99. The van der Waals surface area contributed by atoms with Crippen LogP contribution in [0.3, 0.4) is 0 Å². The Morgan fingerprint density at radius 3 is 2.84 bits per heavy atom. The molecule has 102 valence electrons. The third-order valence-corrected chi connectivity index (χ3v) is 3.70. The molecule has 0 aliphatic rings. The first-order valence-corrected chi connectivity index (χ1v) is 6.69. The summed E-state index contributed by atoms with van der Waals surface area (Å²) in [5.74, 6) is 0.562. The van der Waals surface area contributed by atoms with E-state index < -0.39 is 0 Å². The van der Waals surface area contributed by atoms with Gasteiger partial charge in [0.1, 0.15) is 11.3 Å². The summed E-state index contributed by atoms with van der Waals surface area (Å²) in [5.41, 5.74) is 0.951. The van der Waals surface area contributed by atoms with Crippen molar-refractivity contribution in [1.29, 1.82) is 0 Å². The summed E-state index contributed by atoms with van der Waals surface area (Å²) < 4.78 is 13.5. The quantitative estimate of drug-likeness (QED) is 0.858. The second-order valence-corrected chi connectivity index (χ2v) is 4.98. The molecule has 0 N–H and O–H groups in total. The monoisotopic (exact) mass is 280 g/mol. The van der Waals surface area contributed by atoms with Gasteiger partial charge in [0.05, 0.1) is 18.4 Å². The number of rotatable bonds is 4. The maximum Gasteiger partial charge on any atom is 0.245 e. The van der Waals surface area contributed by atoms with Crippen LogP contribution in [0.4, 0.5) is 0 Å². The van der Waals surface area contributed by atoms with Gasteiger partial charge in [0.25, 0.3) is 0 Å². The molecule has 5 nitrogen and oxygen atoms in total. The van der Waals surface area contributed by atoms with E-state index in [-0.39, 0.29) is 5.91 Å². The Labute approximate surface area is 115 Å². The summed E-state index contributed by atoms with van der Waals surface area (Å²) >= 11 is 1.47. The highest BCUT2D eigenvalue weighted by Crippen LogP contribution is 2.27. The molecule has 2 rings (SSSR count). The molecule has 0 spiro atoms. The summed E-state index contributed by atoms with van der Waals surface area (Å²) in [6.45, 7) is 2.63. The van der Waals surface area contributed by atoms with Crippen LogP contribution in [0.1, 0.15) is 6.92 Å². The van der Waals surface area contributed by atoms with E-state index >= 15 is 0 Å². The third-order valence-electron chi connectivity index (χ3n) is 2.66. The van der Waals surface area contributed by atoms with Crippen molar-refractivity contribution in [3.63, 3.8) is 0 Å². The number of nitrogens with zero attached hydrogens (tertiary/aromatic N) is 2. The van der Waals surface area contributed by atoms with Crippen LogP contribution in [0, 0.1) is 0 Å². The lowest BCUT2D eigenvalue weighted by atomic mass is 10.3. The summed E-state index contributed by atoms with van der Waals surface area (Å²) in [6.07, 6.45) is 0. The van der Waals surface area contributed by atoms with Crippen molar-refractivity contribution < 1.29 is 14.3 Å². The molecule has 0 unspecified atom stereocenters. The molecule has 1 heterocycles. The first-order chi connectivity index (χ1) is 9.17. The van der Waals surface area contributed by atoms with Gasteiger partial charge in [-0.05, 0) is 12.1 Å². The van der Waals surface area contributed by atoms with Crippen LogP contribution < -0.4 is 9.54 Å². The number of fused-ring (bicyclic) bond motifs is 1. The summed E-state index contributed by atoms with van der Waals surface area (Å²) in [7, 11) is 3.28.